The predicted octanol–water partition coefficient (Wildman–Crippen LogP) is 5.40. The normalized spacial score (nSPS) is 15.7. The van der Waals surface area contributed by atoms with Gasteiger partial charge in [-0.1, -0.05) is 55.0 Å². The average Bonchev–Trinajstić information content (AvgIpc) is 2.93. The van der Waals surface area contributed by atoms with Gasteiger partial charge in [0, 0.05) is 18.7 Å². The molecule has 0 saturated carbocycles. The highest BCUT2D eigenvalue weighted by molar-refractivity contribution is 6.11. The number of ether oxygens (including phenoxy) is 1. The second-order valence-electron chi connectivity index (χ2n) is 8.63. The van der Waals surface area contributed by atoms with Gasteiger partial charge in [0.05, 0.1) is 23.9 Å². The summed E-state index contributed by atoms with van der Waals surface area (Å²) in [5, 5.41) is 0. The summed E-state index contributed by atoms with van der Waals surface area (Å²) in [6.45, 7) is 7.37. The molecular weight excluding hydrogens is 412 g/mol. The van der Waals surface area contributed by atoms with Crippen LogP contribution < -0.4 is 14.5 Å². The standard InChI is InChI=1S/C28H30N2O3/c1-20-14-15-26(21(2)18-20)33-17-9-16-29-24-12-7-8-13-25(24)30(19-22(3)27(29)31)28(32)23-10-5-4-6-11-23/h4-8,10-15,18,22H,9,16-17,19H2,1-3H3. The van der Waals surface area contributed by atoms with Crippen molar-refractivity contribution in [3.05, 3.63) is 89.5 Å². The molecule has 3 aromatic rings. The molecule has 0 aromatic heterocycles. The van der Waals surface area contributed by atoms with Crippen LogP contribution in [0.15, 0.2) is 72.8 Å². The molecule has 1 aliphatic rings. The number of hydrogen-bond acceptors (Lipinski definition) is 3. The first kappa shape index (κ1) is 22.6. The molecule has 2 amide bonds. The number of amides is 2. The van der Waals surface area contributed by atoms with E-state index in [0.717, 1.165) is 22.7 Å². The molecule has 0 saturated heterocycles. The first-order valence-corrected chi connectivity index (χ1v) is 11.4. The molecule has 4 rings (SSSR count). The molecule has 0 spiro atoms. The van der Waals surface area contributed by atoms with Gasteiger partial charge < -0.3 is 14.5 Å². The summed E-state index contributed by atoms with van der Waals surface area (Å²) in [5.41, 5.74) is 4.45. The minimum Gasteiger partial charge on any atom is -0.493 e. The van der Waals surface area contributed by atoms with Gasteiger partial charge in [-0.05, 0) is 56.2 Å². The van der Waals surface area contributed by atoms with Crippen molar-refractivity contribution in [1.29, 1.82) is 0 Å². The molecule has 0 fully saturated rings. The van der Waals surface area contributed by atoms with Crippen LogP contribution in [0.2, 0.25) is 0 Å². The zero-order valence-corrected chi connectivity index (χ0v) is 19.5. The van der Waals surface area contributed by atoms with Crippen molar-refractivity contribution in [2.45, 2.75) is 27.2 Å². The Labute approximate surface area is 195 Å². The quantitative estimate of drug-likeness (QED) is 0.480. The molecule has 5 nitrogen and oxygen atoms in total. The van der Waals surface area contributed by atoms with Gasteiger partial charge in [-0.15, -0.1) is 0 Å². The molecule has 33 heavy (non-hydrogen) atoms. The number of aryl methyl sites for hydroxylation is 2. The van der Waals surface area contributed by atoms with Crippen LogP contribution in [0, 0.1) is 19.8 Å². The van der Waals surface area contributed by atoms with E-state index in [4.69, 9.17) is 4.74 Å². The lowest BCUT2D eigenvalue weighted by atomic mass is 10.1. The van der Waals surface area contributed by atoms with Crippen LogP contribution in [-0.2, 0) is 4.79 Å². The minimum absolute atomic E-state index is 0.0253. The van der Waals surface area contributed by atoms with Gasteiger partial charge >= 0.3 is 0 Å². The van der Waals surface area contributed by atoms with Crippen LogP contribution in [0.4, 0.5) is 11.4 Å². The Morgan fingerprint density at radius 2 is 1.67 bits per heavy atom. The zero-order chi connectivity index (χ0) is 23.4. The third-order valence-corrected chi connectivity index (χ3v) is 5.99. The molecule has 0 bridgehead atoms. The lowest BCUT2D eigenvalue weighted by Crippen LogP contribution is -2.39. The Balaban J connectivity index is 1.53. The molecule has 1 unspecified atom stereocenters. The number of para-hydroxylation sites is 2. The Morgan fingerprint density at radius 3 is 2.39 bits per heavy atom. The maximum Gasteiger partial charge on any atom is 0.258 e. The molecular formula is C28H30N2O3. The van der Waals surface area contributed by atoms with E-state index in [2.05, 4.69) is 13.0 Å². The summed E-state index contributed by atoms with van der Waals surface area (Å²) < 4.78 is 5.98. The molecule has 0 aliphatic carbocycles. The summed E-state index contributed by atoms with van der Waals surface area (Å²) in [6, 6.07) is 23.0. The lowest BCUT2D eigenvalue weighted by molar-refractivity contribution is -0.121. The van der Waals surface area contributed by atoms with Crippen molar-refractivity contribution >= 4 is 23.2 Å². The molecule has 0 radical (unpaired) electrons. The van der Waals surface area contributed by atoms with E-state index in [1.807, 2.05) is 85.5 Å². The van der Waals surface area contributed by atoms with Gasteiger partial charge in [-0.3, -0.25) is 9.59 Å². The highest BCUT2D eigenvalue weighted by atomic mass is 16.5. The molecule has 1 atom stereocenters. The SMILES string of the molecule is Cc1ccc(OCCCN2C(=O)C(C)CN(C(=O)c3ccccc3)c3ccccc32)c(C)c1. The fraction of sp³-hybridized carbons (Fsp3) is 0.286. The Bertz CT molecular complexity index is 1140. The number of carbonyl (C=O) groups is 2. The van der Waals surface area contributed by atoms with Crippen LogP contribution in [0.3, 0.4) is 0 Å². The fourth-order valence-electron chi connectivity index (χ4n) is 4.28. The Hall–Kier alpha value is -3.60. The molecule has 1 heterocycles. The smallest absolute Gasteiger partial charge is 0.258 e. The van der Waals surface area contributed by atoms with E-state index in [1.165, 1.54) is 5.56 Å². The van der Waals surface area contributed by atoms with Crippen LogP contribution in [0.25, 0.3) is 0 Å². The summed E-state index contributed by atoms with van der Waals surface area (Å²) >= 11 is 0. The molecule has 170 valence electrons. The molecule has 0 N–H and O–H groups in total. The molecule has 1 aliphatic heterocycles. The average molecular weight is 443 g/mol. The maximum absolute atomic E-state index is 13.3. The Morgan fingerprint density at radius 1 is 0.970 bits per heavy atom. The van der Waals surface area contributed by atoms with E-state index in [9.17, 15) is 9.59 Å². The third kappa shape index (κ3) is 4.92. The van der Waals surface area contributed by atoms with E-state index in [1.54, 1.807) is 4.90 Å². The number of carbonyl (C=O) groups excluding carboxylic acids is 2. The van der Waals surface area contributed by atoms with Crippen molar-refractivity contribution in [3.8, 4) is 5.75 Å². The number of hydrogen-bond donors (Lipinski definition) is 0. The third-order valence-electron chi connectivity index (χ3n) is 5.99. The van der Waals surface area contributed by atoms with Gasteiger partial charge in [0.25, 0.3) is 5.91 Å². The highest BCUT2D eigenvalue weighted by Gasteiger charge is 2.33. The number of rotatable bonds is 6. The van der Waals surface area contributed by atoms with E-state index < -0.39 is 0 Å². The molecule has 5 heteroatoms. The van der Waals surface area contributed by atoms with E-state index in [0.29, 0.717) is 31.7 Å². The second-order valence-corrected chi connectivity index (χ2v) is 8.63. The van der Waals surface area contributed by atoms with Crippen LogP contribution >= 0.6 is 0 Å². The summed E-state index contributed by atoms with van der Waals surface area (Å²) in [4.78, 5) is 30.2. The monoisotopic (exact) mass is 442 g/mol. The number of benzene rings is 3. The van der Waals surface area contributed by atoms with Crippen molar-refractivity contribution in [2.24, 2.45) is 5.92 Å². The highest BCUT2D eigenvalue weighted by Crippen LogP contribution is 2.35. The van der Waals surface area contributed by atoms with E-state index in [-0.39, 0.29) is 17.7 Å². The van der Waals surface area contributed by atoms with Crippen molar-refractivity contribution in [3.63, 3.8) is 0 Å². The van der Waals surface area contributed by atoms with Gasteiger partial charge in [0.2, 0.25) is 5.91 Å². The van der Waals surface area contributed by atoms with Gasteiger partial charge in [0.1, 0.15) is 5.75 Å². The summed E-state index contributed by atoms with van der Waals surface area (Å²) in [7, 11) is 0. The Kier molecular flexibility index (Phi) is 6.78. The zero-order valence-electron chi connectivity index (χ0n) is 19.5. The minimum atomic E-state index is -0.315. The number of nitrogens with zero attached hydrogens (tertiary/aromatic N) is 2. The van der Waals surface area contributed by atoms with Gasteiger partial charge in [-0.2, -0.15) is 0 Å². The number of fused-ring (bicyclic) bond motifs is 1. The van der Waals surface area contributed by atoms with Crippen LogP contribution in [0.1, 0.15) is 34.8 Å². The van der Waals surface area contributed by atoms with Crippen molar-refractivity contribution in [1.82, 2.24) is 0 Å². The van der Waals surface area contributed by atoms with Gasteiger partial charge in [-0.25, -0.2) is 0 Å². The predicted molar refractivity (Wildman–Crippen MR) is 132 cm³/mol. The van der Waals surface area contributed by atoms with Crippen molar-refractivity contribution in [2.75, 3.05) is 29.5 Å². The maximum atomic E-state index is 13.3. The summed E-state index contributed by atoms with van der Waals surface area (Å²) in [6.07, 6.45) is 0.687. The van der Waals surface area contributed by atoms with Gasteiger partial charge in [0.15, 0.2) is 0 Å². The first-order valence-electron chi connectivity index (χ1n) is 11.4. The topological polar surface area (TPSA) is 49.9 Å². The first-order chi connectivity index (χ1) is 16.0. The van der Waals surface area contributed by atoms with Crippen molar-refractivity contribution < 1.29 is 14.3 Å². The van der Waals surface area contributed by atoms with E-state index >= 15 is 0 Å². The second kappa shape index (κ2) is 9.90. The molecule has 3 aromatic carbocycles. The lowest BCUT2D eigenvalue weighted by Gasteiger charge is -2.25. The summed E-state index contributed by atoms with van der Waals surface area (Å²) in [5.74, 6) is 0.488. The van der Waals surface area contributed by atoms with Crippen LogP contribution in [-0.4, -0.2) is 31.5 Å². The van der Waals surface area contributed by atoms with Crippen LogP contribution in [0.5, 0.6) is 5.75 Å². The fourth-order valence-corrected chi connectivity index (χ4v) is 4.28. The number of anilines is 2. The largest absolute Gasteiger partial charge is 0.493 e.